The molecule has 6 heteroatoms. The average molecular weight is 381 g/mol. The van der Waals surface area contributed by atoms with E-state index in [0.717, 1.165) is 16.4 Å². The largest absolute Gasteiger partial charge is 0.350 e. The Bertz CT molecular complexity index is 503. The molecule has 0 aromatic heterocycles. The molecule has 0 saturated heterocycles. The number of hydrogen-bond donors (Lipinski definition) is 2. The predicted molar refractivity (Wildman–Crippen MR) is 77.8 cm³/mol. The normalized spacial score (nSPS) is 15.4. The molecular formula is C12H11ClFIN2O. The molecule has 1 saturated carbocycles. The molecule has 96 valence electrons. The third-order valence-corrected chi connectivity index (χ3v) is 3.24. The number of carbonyl (C=O) groups excluding carboxylic acids is 1. The number of benzene rings is 1. The second kappa shape index (κ2) is 5.88. The zero-order valence-electron chi connectivity index (χ0n) is 9.34. The highest BCUT2D eigenvalue weighted by atomic mass is 127. The minimum absolute atomic E-state index is 0.0910. The van der Waals surface area contributed by atoms with Gasteiger partial charge in [0.25, 0.3) is 0 Å². The lowest BCUT2D eigenvalue weighted by molar-refractivity contribution is -0.116. The van der Waals surface area contributed by atoms with Gasteiger partial charge in [0.2, 0.25) is 5.91 Å². The number of anilines is 1. The summed E-state index contributed by atoms with van der Waals surface area (Å²) in [6, 6.07) is 4.98. The molecule has 1 aliphatic carbocycles. The molecule has 1 aromatic rings. The van der Waals surface area contributed by atoms with Gasteiger partial charge in [-0.1, -0.05) is 11.6 Å². The number of nitrogens with one attached hydrogen (secondary N) is 2. The number of hydrogen-bond acceptors (Lipinski definition) is 2. The van der Waals surface area contributed by atoms with Gasteiger partial charge in [0.05, 0.1) is 5.69 Å². The van der Waals surface area contributed by atoms with Gasteiger partial charge in [-0.2, -0.15) is 0 Å². The van der Waals surface area contributed by atoms with E-state index in [1.54, 1.807) is 12.1 Å². The van der Waals surface area contributed by atoms with Gasteiger partial charge < -0.3 is 10.6 Å². The third-order valence-electron chi connectivity index (χ3n) is 2.37. The Kier molecular flexibility index (Phi) is 4.45. The van der Waals surface area contributed by atoms with Gasteiger partial charge in [0.15, 0.2) is 0 Å². The summed E-state index contributed by atoms with van der Waals surface area (Å²) in [5, 5.41) is 5.50. The molecular weight excluding hydrogens is 370 g/mol. The Morgan fingerprint density at radius 1 is 1.50 bits per heavy atom. The van der Waals surface area contributed by atoms with Crippen LogP contribution in [0.4, 0.5) is 10.1 Å². The van der Waals surface area contributed by atoms with Gasteiger partial charge in [-0.05, 0) is 53.6 Å². The van der Waals surface area contributed by atoms with E-state index in [-0.39, 0.29) is 22.8 Å². The van der Waals surface area contributed by atoms with E-state index in [9.17, 15) is 9.18 Å². The fourth-order valence-electron chi connectivity index (χ4n) is 1.34. The molecule has 3 nitrogen and oxygen atoms in total. The molecule has 1 aliphatic rings. The van der Waals surface area contributed by atoms with Crippen LogP contribution >= 0.6 is 34.2 Å². The summed E-state index contributed by atoms with van der Waals surface area (Å²) >= 11 is 7.86. The lowest BCUT2D eigenvalue weighted by atomic mass is 10.3. The second-order valence-electron chi connectivity index (χ2n) is 4.02. The van der Waals surface area contributed by atoms with E-state index in [1.165, 1.54) is 12.1 Å². The summed E-state index contributed by atoms with van der Waals surface area (Å²) in [6.45, 7) is 0. The highest BCUT2D eigenvalue weighted by molar-refractivity contribution is 14.1. The number of halogens is 3. The van der Waals surface area contributed by atoms with Crippen LogP contribution in [0.2, 0.25) is 0 Å². The Morgan fingerprint density at radius 3 is 2.83 bits per heavy atom. The monoisotopic (exact) mass is 380 g/mol. The van der Waals surface area contributed by atoms with E-state index in [2.05, 4.69) is 10.6 Å². The fraction of sp³-hybridized carbons (Fsp3) is 0.250. The van der Waals surface area contributed by atoms with Gasteiger partial charge in [-0.25, -0.2) is 4.39 Å². The molecule has 0 heterocycles. The molecule has 0 bridgehead atoms. The van der Waals surface area contributed by atoms with Gasteiger partial charge >= 0.3 is 0 Å². The van der Waals surface area contributed by atoms with Gasteiger partial charge in [-0.15, -0.1) is 0 Å². The van der Waals surface area contributed by atoms with E-state index >= 15 is 0 Å². The maximum atomic E-state index is 13.5. The SMILES string of the molecule is O=C(/C=C(/Cl)Nc1ccc(I)cc1F)NC1CC1. The first-order valence-corrected chi connectivity index (χ1v) is 6.90. The first-order chi connectivity index (χ1) is 8.54. The Morgan fingerprint density at radius 2 is 2.22 bits per heavy atom. The standard InChI is InChI=1S/C12H11ClFIN2O/c13-11(6-12(18)16-8-2-3-8)17-10-4-1-7(15)5-9(10)14/h1,4-6,8,17H,2-3H2,(H,16,18)/b11-6-. The number of carbonyl (C=O) groups is 1. The van der Waals surface area contributed by atoms with Crippen LogP contribution in [0.1, 0.15) is 12.8 Å². The Balaban J connectivity index is 1.98. The summed E-state index contributed by atoms with van der Waals surface area (Å²) in [5.74, 6) is -0.669. The molecule has 1 aromatic carbocycles. The van der Waals surface area contributed by atoms with Gasteiger partial charge in [-0.3, -0.25) is 4.79 Å². The van der Waals surface area contributed by atoms with E-state index in [0.29, 0.717) is 0 Å². The summed E-state index contributed by atoms with van der Waals surface area (Å²) in [5.41, 5.74) is 0.246. The smallest absolute Gasteiger partial charge is 0.247 e. The maximum absolute atomic E-state index is 13.5. The zero-order chi connectivity index (χ0) is 13.1. The Hall–Kier alpha value is -0.820. The molecule has 0 unspecified atom stereocenters. The molecule has 2 rings (SSSR count). The zero-order valence-corrected chi connectivity index (χ0v) is 12.3. The van der Waals surface area contributed by atoms with Crippen molar-refractivity contribution < 1.29 is 9.18 Å². The van der Waals surface area contributed by atoms with E-state index in [1.807, 2.05) is 22.6 Å². The predicted octanol–water partition coefficient (Wildman–Crippen LogP) is 3.20. The van der Waals surface area contributed by atoms with Crippen LogP contribution in [0.3, 0.4) is 0 Å². The van der Waals surface area contributed by atoms with Crippen LogP contribution in [0.5, 0.6) is 0 Å². The van der Waals surface area contributed by atoms with Crippen molar-refractivity contribution in [1.29, 1.82) is 0 Å². The lowest BCUT2D eigenvalue weighted by Crippen LogP contribution is -2.23. The average Bonchev–Trinajstić information content (AvgIpc) is 3.05. The van der Waals surface area contributed by atoms with E-state index < -0.39 is 5.82 Å². The maximum Gasteiger partial charge on any atom is 0.247 e. The minimum atomic E-state index is -0.406. The van der Waals surface area contributed by atoms with Crippen molar-refractivity contribution in [3.05, 3.63) is 38.8 Å². The minimum Gasteiger partial charge on any atom is -0.350 e. The molecule has 18 heavy (non-hydrogen) atoms. The van der Waals surface area contributed by atoms with Crippen molar-refractivity contribution in [2.45, 2.75) is 18.9 Å². The topological polar surface area (TPSA) is 41.1 Å². The van der Waals surface area contributed by atoms with Crippen molar-refractivity contribution >= 4 is 45.8 Å². The number of rotatable bonds is 4. The van der Waals surface area contributed by atoms with Crippen molar-refractivity contribution in [3.8, 4) is 0 Å². The molecule has 0 radical (unpaired) electrons. The highest BCUT2D eigenvalue weighted by Crippen LogP contribution is 2.20. The molecule has 0 atom stereocenters. The van der Waals surface area contributed by atoms with Crippen LogP contribution in [-0.2, 0) is 4.79 Å². The van der Waals surface area contributed by atoms with Crippen molar-refractivity contribution in [3.63, 3.8) is 0 Å². The van der Waals surface area contributed by atoms with Crippen LogP contribution in [0.25, 0.3) is 0 Å². The van der Waals surface area contributed by atoms with E-state index in [4.69, 9.17) is 11.6 Å². The first-order valence-electron chi connectivity index (χ1n) is 5.44. The molecule has 0 spiro atoms. The highest BCUT2D eigenvalue weighted by Gasteiger charge is 2.22. The van der Waals surface area contributed by atoms with Crippen LogP contribution in [0.15, 0.2) is 29.4 Å². The first kappa shape index (κ1) is 13.6. The van der Waals surface area contributed by atoms with Gasteiger partial charge in [0, 0.05) is 15.7 Å². The molecule has 1 amide bonds. The number of amides is 1. The van der Waals surface area contributed by atoms with Crippen LogP contribution in [0, 0.1) is 9.39 Å². The van der Waals surface area contributed by atoms with Crippen LogP contribution < -0.4 is 10.6 Å². The summed E-state index contributed by atoms with van der Waals surface area (Å²) in [7, 11) is 0. The lowest BCUT2D eigenvalue weighted by Gasteiger charge is -2.06. The van der Waals surface area contributed by atoms with Gasteiger partial charge in [0.1, 0.15) is 11.0 Å². The molecule has 0 aliphatic heterocycles. The summed E-state index contributed by atoms with van der Waals surface area (Å²) in [6.07, 6.45) is 3.24. The summed E-state index contributed by atoms with van der Waals surface area (Å²) < 4.78 is 14.3. The van der Waals surface area contributed by atoms with Crippen molar-refractivity contribution in [1.82, 2.24) is 5.32 Å². The Labute approximate surface area is 123 Å². The third kappa shape index (κ3) is 4.13. The summed E-state index contributed by atoms with van der Waals surface area (Å²) in [4.78, 5) is 11.4. The molecule has 2 N–H and O–H groups in total. The van der Waals surface area contributed by atoms with Crippen LogP contribution in [-0.4, -0.2) is 11.9 Å². The second-order valence-corrected chi connectivity index (χ2v) is 5.68. The molecule has 1 fully saturated rings. The van der Waals surface area contributed by atoms with Crippen molar-refractivity contribution in [2.24, 2.45) is 0 Å². The quantitative estimate of drug-likeness (QED) is 0.478. The fourth-order valence-corrected chi connectivity index (χ4v) is 2.00. The van der Waals surface area contributed by atoms with Crippen molar-refractivity contribution in [2.75, 3.05) is 5.32 Å².